The van der Waals surface area contributed by atoms with Gasteiger partial charge in [-0.05, 0) is 0 Å². The zero-order valence-corrected chi connectivity index (χ0v) is 11.8. The third-order valence-corrected chi connectivity index (χ3v) is 2.95. The second-order valence-electron chi connectivity index (χ2n) is 4.10. The number of rotatable bonds is 6. The van der Waals surface area contributed by atoms with Crippen LogP contribution in [0.2, 0.25) is 0 Å². The standard InChI is InChI=1S/C10H14N6O3S/c1-5(2)8-14-15-9(19-8)12-6(17)4-20-10-16-13-7(3-11)18-10/h5H,3-4,11H2,1-2H3,(H,12,15,17). The fourth-order valence-corrected chi connectivity index (χ4v) is 1.76. The molecular weight excluding hydrogens is 284 g/mol. The highest BCUT2D eigenvalue weighted by Gasteiger charge is 2.13. The van der Waals surface area contributed by atoms with Gasteiger partial charge < -0.3 is 14.6 Å². The molecule has 0 spiro atoms. The van der Waals surface area contributed by atoms with Gasteiger partial charge in [-0.3, -0.25) is 10.1 Å². The molecular formula is C10H14N6O3S. The quantitative estimate of drug-likeness (QED) is 0.741. The molecule has 0 atom stereocenters. The molecule has 0 aliphatic rings. The van der Waals surface area contributed by atoms with Gasteiger partial charge in [-0.2, -0.15) is 0 Å². The fourth-order valence-electron chi connectivity index (χ4n) is 1.18. The summed E-state index contributed by atoms with van der Waals surface area (Å²) in [6.07, 6.45) is 0. The smallest absolute Gasteiger partial charge is 0.322 e. The maximum atomic E-state index is 11.7. The van der Waals surface area contributed by atoms with Gasteiger partial charge in [0.25, 0.3) is 5.22 Å². The summed E-state index contributed by atoms with van der Waals surface area (Å²) in [5.74, 6) is 0.687. The first-order chi connectivity index (χ1) is 9.58. The Bertz CT molecular complexity index is 581. The van der Waals surface area contributed by atoms with E-state index >= 15 is 0 Å². The molecule has 0 aliphatic heterocycles. The summed E-state index contributed by atoms with van der Waals surface area (Å²) in [6.45, 7) is 4.00. The first kappa shape index (κ1) is 14.5. The van der Waals surface area contributed by atoms with Crippen LogP contribution in [0.15, 0.2) is 14.1 Å². The summed E-state index contributed by atoms with van der Waals surface area (Å²) in [6, 6.07) is 0.0764. The van der Waals surface area contributed by atoms with Crippen molar-refractivity contribution >= 4 is 23.7 Å². The first-order valence-corrected chi connectivity index (χ1v) is 6.85. The molecule has 0 bridgehead atoms. The molecule has 0 saturated heterocycles. The van der Waals surface area contributed by atoms with Gasteiger partial charge in [0.05, 0.1) is 12.3 Å². The normalized spacial score (nSPS) is 11.0. The molecule has 0 unspecified atom stereocenters. The van der Waals surface area contributed by atoms with Gasteiger partial charge in [-0.1, -0.05) is 30.7 Å². The molecule has 2 aromatic heterocycles. The average Bonchev–Trinajstić information content (AvgIpc) is 3.04. The van der Waals surface area contributed by atoms with Crippen LogP contribution in [0.25, 0.3) is 0 Å². The van der Waals surface area contributed by atoms with E-state index in [1.807, 2.05) is 13.8 Å². The van der Waals surface area contributed by atoms with Crippen molar-refractivity contribution in [3.63, 3.8) is 0 Å². The predicted molar refractivity (Wildman–Crippen MR) is 69.9 cm³/mol. The minimum Gasteiger partial charge on any atom is -0.415 e. The summed E-state index contributed by atoms with van der Waals surface area (Å²) < 4.78 is 10.4. The van der Waals surface area contributed by atoms with Gasteiger partial charge >= 0.3 is 6.01 Å². The van der Waals surface area contributed by atoms with Crippen LogP contribution in [-0.4, -0.2) is 32.1 Å². The van der Waals surface area contributed by atoms with Crippen LogP contribution < -0.4 is 11.1 Å². The molecule has 3 N–H and O–H groups in total. The Hall–Kier alpha value is -1.94. The molecule has 0 aromatic carbocycles. The average molecular weight is 298 g/mol. The monoisotopic (exact) mass is 298 g/mol. The number of anilines is 1. The number of nitrogens with two attached hydrogens (primary N) is 1. The van der Waals surface area contributed by atoms with E-state index in [0.717, 1.165) is 11.8 Å². The topological polar surface area (TPSA) is 133 Å². The van der Waals surface area contributed by atoms with Crippen LogP contribution in [0.3, 0.4) is 0 Å². The highest BCUT2D eigenvalue weighted by molar-refractivity contribution is 7.99. The van der Waals surface area contributed by atoms with Crippen molar-refractivity contribution in [3.8, 4) is 0 Å². The lowest BCUT2D eigenvalue weighted by Crippen LogP contribution is -2.14. The van der Waals surface area contributed by atoms with Crippen molar-refractivity contribution in [2.24, 2.45) is 5.73 Å². The third kappa shape index (κ3) is 3.78. The Kier molecular flexibility index (Phi) is 4.69. The molecule has 108 valence electrons. The number of hydrogen-bond donors (Lipinski definition) is 2. The number of carbonyl (C=O) groups is 1. The van der Waals surface area contributed by atoms with Gasteiger partial charge in [0.1, 0.15) is 0 Å². The van der Waals surface area contributed by atoms with Crippen molar-refractivity contribution in [3.05, 3.63) is 11.8 Å². The van der Waals surface area contributed by atoms with E-state index in [4.69, 9.17) is 14.6 Å². The second-order valence-corrected chi connectivity index (χ2v) is 5.03. The number of aromatic nitrogens is 4. The molecule has 0 fully saturated rings. The maximum Gasteiger partial charge on any atom is 0.322 e. The Morgan fingerprint density at radius 3 is 2.70 bits per heavy atom. The molecule has 2 rings (SSSR count). The lowest BCUT2D eigenvalue weighted by Gasteiger charge is -1.98. The SMILES string of the molecule is CC(C)c1nnc(NC(=O)CSc2nnc(CN)o2)o1. The molecule has 9 nitrogen and oxygen atoms in total. The number of nitrogens with one attached hydrogen (secondary N) is 1. The first-order valence-electron chi connectivity index (χ1n) is 5.87. The molecule has 10 heteroatoms. The maximum absolute atomic E-state index is 11.7. The number of hydrogen-bond acceptors (Lipinski definition) is 9. The minimum absolute atomic E-state index is 0.0764. The molecule has 2 heterocycles. The van der Waals surface area contributed by atoms with Crippen molar-refractivity contribution in [2.45, 2.75) is 31.5 Å². The van der Waals surface area contributed by atoms with Crippen molar-refractivity contribution in [2.75, 3.05) is 11.1 Å². The van der Waals surface area contributed by atoms with E-state index in [0.29, 0.717) is 11.8 Å². The van der Waals surface area contributed by atoms with Crippen LogP contribution in [0.1, 0.15) is 31.5 Å². The molecule has 0 aliphatic carbocycles. The molecule has 2 aromatic rings. The summed E-state index contributed by atoms with van der Waals surface area (Å²) in [5, 5.41) is 17.7. The van der Waals surface area contributed by atoms with Gasteiger partial charge in [0, 0.05) is 5.92 Å². The Balaban J connectivity index is 1.82. The van der Waals surface area contributed by atoms with E-state index in [-0.39, 0.29) is 35.4 Å². The van der Waals surface area contributed by atoms with Crippen molar-refractivity contribution < 1.29 is 13.6 Å². The molecule has 20 heavy (non-hydrogen) atoms. The summed E-state index contributed by atoms with van der Waals surface area (Å²) in [4.78, 5) is 11.7. The predicted octanol–water partition coefficient (Wildman–Crippen LogP) is 0.766. The van der Waals surface area contributed by atoms with Crippen LogP contribution >= 0.6 is 11.8 Å². The fraction of sp³-hybridized carbons (Fsp3) is 0.500. The lowest BCUT2D eigenvalue weighted by atomic mass is 10.2. The summed E-state index contributed by atoms with van der Waals surface area (Å²) in [7, 11) is 0. The Morgan fingerprint density at radius 2 is 2.10 bits per heavy atom. The number of thioether (sulfide) groups is 1. The van der Waals surface area contributed by atoms with Gasteiger partial charge in [-0.15, -0.1) is 15.3 Å². The molecule has 0 saturated carbocycles. The number of nitrogens with zero attached hydrogens (tertiary/aromatic N) is 4. The molecule has 1 amide bonds. The van der Waals surface area contributed by atoms with E-state index in [2.05, 4.69) is 25.7 Å². The van der Waals surface area contributed by atoms with E-state index in [9.17, 15) is 4.79 Å². The van der Waals surface area contributed by atoms with Crippen molar-refractivity contribution in [1.29, 1.82) is 0 Å². The number of amides is 1. The van der Waals surface area contributed by atoms with Crippen molar-refractivity contribution in [1.82, 2.24) is 20.4 Å². The van der Waals surface area contributed by atoms with E-state index in [1.54, 1.807) is 0 Å². The minimum atomic E-state index is -0.304. The lowest BCUT2D eigenvalue weighted by molar-refractivity contribution is -0.113. The number of carbonyl (C=O) groups excluding carboxylic acids is 1. The summed E-state index contributed by atoms with van der Waals surface area (Å²) >= 11 is 1.10. The second kappa shape index (κ2) is 6.48. The van der Waals surface area contributed by atoms with Gasteiger partial charge in [0.15, 0.2) is 0 Å². The largest absolute Gasteiger partial charge is 0.415 e. The zero-order chi connectivity index (χ0) is 14.5. The zero-order valence-electron chi connectivity index (χ0n) is 11.0. The van der Waals surface area contributed by atoms with E-state index < -0.39 is 0 Å². The third-order valence-electron chi connectivity index (χ3n) is 2.13. The van der Waals surface area contributed by atoms with Crippen LogP contribution in [0.5, 0.6) is 0 Å². The highest BCUT2D eigenvalue weighted by atomic mass is 32.2. The van der Waals surface area contributed by atoms with Gasteiger partial charge in [-0.25, -0.2) is 0 Å². The van der Waals surface area contributed by atoms with Crippen LogP contribution in [0, 0.1) is 0 Å². The van der Waals surface area contributed by atoms with Gasteiger partial charge in [0.2, 0.25) is 17.7 Å². The molecule has 0 radical (unpaired) electrons. The van der Waals surface area contributed by atoms with E-state index in [1.165, 1.54) is 0 Å². The highest BCUT2D eigenvalue weighted by Crippen LogP contribution is 2.17. The Morgan fingerprint density at radius 1 is 1.30 bits per heavy atom. The summed E-state index contributed by atoms with van der Waals surface area (Å²) in [5.41, 5.74) is 5.34. The Labute approximate surface area is 118 Å². The van der Waals surface area contributed by atoms with Crippen LogP contribution in [-0.2, 0) is 11.3 Å². The van der Waals surface area contributed by atoms with Crippen LogP contribution in [0.4, 0.5) is 6.01 Å².